The molecule has 0 aliphatic heterocycles. The quantitative estimate of drug-likeness (QED) is 0.627. The van der Waals surface area contributed by atoms with Gasteiger partial charge in [0.1, 0.15) is 12.6 Å². The van der Waals surface area contributed by atoms with E-state index in [1.54, 1.807) is 19.1 Å². The summed E-state index contributed by atoms with van der Waals surface area (Å²) in [6, 6.07) is 7.98. The first kappa shape index (κ1) is 15.9. The number of amides is 2. The molecular weight excluding hydrogens is 264 g/mol. The van der Waals surface area contributed by atoms with Gasteiger partial charge in [-0.25, -0.2) is 10.3 Å². The molecule has 0 heterocycles. The van der Waals surface area contributed by atoms with Gasteiger partial charge in [-0.1, -0.05) is 30.3 Å². The summed E-state index contributed by atoms with van der Waals surface area (Å²) in [5.41, 5.74) is 2.91. The number of hydrogen-bond acceptors (Lipinski definition) is 5. The maximum absolute atomic E-state index is 11.5. The average Bonchev–Trinajstić information content (AvgIpc) is 2.49. The summed E-state index contributed by atoms with van der Waals surface area (Å²) >= 11 is 0. The van der Waals surface area contributed by atoms with Gasteiger partial charge >= 0.3 is 6.09 Å². The van der Waals surface area contributed by atoms with Crippen LogP contribution in [0, 0.1) is 0 Å². The Morgan fingerprint density at radius 3 is 2.60 bits per heavy atom. The smallest absolute Gasteiger partial charge is 0.408 e. The van der Waals surface area contributed by atoms with Crippen LogP contribution in [-0.4, -0.2) is 36.4 Å². The molecule has 7 nitrogen and oxygen atoms in total. The Hall–Kier alpha value is -2.12. The van der Waals surface area contributed by atoms with Gasteiger partial charge in [-0.15, -0.1) is 0 Å². The number of hydrogen-bond donors (Lipinski definition) is 3. The highest BCUT2D eigenvalue weighted by molar-refractivity contribution is 5.84. The molecule has 1 rings (SSSR count). The van der Waals surface area contributed by atoms with Gasteiger partial charge in [-0.2, -0.15) is 0 Å². The van der Waals surface area contributed by atoms with Crippen molar-refractivity contribution in [1.29, 1.82) is 0 Å². The second kappa shape index (κ2) is 8.89. The summed E-state index contributed by atoms with van der Waals surface area (Å²) in [5.74, 6) is -0.647. The zero-order valence-corrected chi connectivity index (χ0v) is 11.2. The Morgan fingerprint density at radius 2 is 2.00 bits per heavy atom. The first-order valence-corrected chi connectivity index (χ1v) is 6.17. The first-order chi connectivity index (χ1) is 9.67. The second-order valence-corrected chi connectivity index (χ2v) is 3.84. The molecule has 1 unspecified atom stereocenters. The van der Waals surface area contributed by atoms with Crippen molar-refractivity contribution in [2.75, 3.05) is 13.2 Å². The Kier molecular flexibility index (Phi) is 7.08. The van der Waals surface area contributed by atoms with E-state index in [9.17, 15) is 9.59 Å². The van der Waals surface area contributed by atoms with E-state index in [0.717, 1.165) is 5.56 Å². The van der Waals surface area contributed by atoms with E-state index in [2.05, 4.69) is 15.6 Å². The number of hydroxylamine groups is 1. The number of benzene rings is 1. The summed E-state index contributed by atoms with van der Waals surface area (Å²) in [6.07, 6.45) is -0.792. The molecule has 1 atom stereocenters. The zero-order valence-electron chi connectivity index (χ0n) is 11.2. The van der Waals surface area contributed by atoms with Crippen molar-refractivity contribution >= 4 is 12.0 Å². The molecule has 0 aliphatic carbocycles. The van der Waals surface area contributed by atoms with Crippen molar-refractivity contribution in [3.05, 3.63) is 35.9 Å². The predicted octanol–water partition coefficient (Wildman–Crippen LogP) is 0.341. The maximum Gasteiger partial charge on any atom is 0.408 e. The Balaban J connectivity index is 2.37. The zero-order chi connectivity index (χ0) is 14.8. The van der Waals surface area contributed by atoms with Crippen molar-refractivity contribution < 1.29 is 24.3 Å². The van der Waals surface area contributed by atoms with Gasteiger partial charge in [0.25, 0.3) is 5.91 Å². The van der Waals surface area contributed by atoms with Crippen LogP contribution in [0.5, 0.6) is 0 Å². The normalized spacial score (nSPS) is 11.5. The van der Waals surface area contributed by atoms with Gasteiger partial charge in [0, 0.05) is 0 Å². The van der Waals surface area contributed by atoms with Crippen LogP contribution in [-0.2, 0) is 21.0 Å². The molecule has 0 spiro atoms. The molecule has 0 saturated carbocycles. The van der Waals surface area contributed by atoms with Crippen LogP contribution < -0.4 is 10.8 Å². The standard InChI is InChI=1S/C13H18N2O5/c1-2-20-15-12(17)11(8-16)14-13(18)19-9-10-6-4-3-5-7-10/h3-7,11,16H,2,8-9H2,1H3,(H,14,18)(H,15,17). The van der Waals surface area contributed by atoms with Crippen LogP contribution in [0.3, 0.4) is 0 Å². The average molecular weight is 282 g/mol. The fourth-order valence-electron chi connectivity index (χ4n) is 1.32. The molecule has 0 aromatic heterocycles. The summed E-state index contributed by atoms with van der Waals surface area (Å²) < 4.78 is 4.93. The summed E-state index contributed by atoms with van der Waals surface area (Å²) in [4.78, 5) is 27.7. The molecule has 2 amide bonds. The highest BCUT2D eigenvalue weighted by atomic mass is 16.6. The van der Waals surface area contributed by atoms with Crippen LogP contribution in [0.1, 0.15) is 12.5 Å². The van der Waals surface area contributed by atoms with E-state index in [0.29, 0.717) is 0 Å². The third-order valence-electron chi connectivity index (χ3n) is 2.32. The van der Waals surface area contributed by atoms with E-state index >= 15 is 0 Å². The lowest BCUT2D eigenvalue weighted by atomic mass is 10.2. The molecule has 3 N–H and O–H groups in total. The molecule has 0 fully saturated rings. The maximum atomic E-state index is 11.5. The van der Waals surface area contributed by atoms with Gasteiger partial charge in [0.05, 0.1) is 13.2 Å². The van der Waals surface area contributed by atoms with E-state index in [1.165, 1.54) is 0 Å². The Labute approximate surface area is 116 Å². The Bertz CT molecular complexity index is 424. The summed E-state index contributed by atoms with van der Waals surface area (Å²) in [5, 5.41) is 11.3. The highest BCUT2D eigenvalue weighted by Gasteiger charge is 2.20. The van der Waals surface area contributed by atoms with Gasteiger partial charge in [-0.05, 0) is 12.5 Å². The molecule has 0 bridgehead atoms. The topological polar surface area (TPSA) is 96.9 Å². The number of ether oxygens (including phenoxy) is 1. The molecule has 0 radical (unpaired) electrons. The van der Waals surface area contributed by atoms with Crippen molar-refractivity contribution in [3.63, 3.8) is 0 Å². The minimum atomic E-state index is -1.12. The molecule has 0 saturated heterocycles. The minimum Gasteiger partial charge on any atom is -0.445 e. The Morgan fingerprint density at radius 1 is 1.30 bits per heavy atom. The van der Waals surface area contributed by atoms with Crippen LogP contribution >= 0.6 is 0 Å². The van der Waals surface area contributed by atoms with E-state index < -0.39 is 24.6 Å². The van der Waals surface area contributed by atoms with Crippen LogP contribution in [0.25, 0.3) is 0 Å². The third kappa shape index (κ3) is 5.68. The van der Waals surface area contributed by atoms with Crippen molar-refractivity contribution in [2.45, 2.75) is 19.6 Å². The monoisotopic (exact) mass is 282 g/mol. The van der Waals surface area contributed by atoms with Gasteiger partial charge < -0.3 is 15.2 Å². The van der Waals surface area contributed by atoms with E-state index in [-0.39, 0.29) is 13.2 Å². The number of alkyl carbamates (subject to hydrolysis) is 1. The van der Waals surface area contributed by atoms with Crippen molar-refractivity contribution in [1.82, 2.24) is 10.8 Å². The fraction of sp³-hybridized carbons (Fsp3) is 0.385. The molecule has 7 heteroatoms. The van der Waals surface area contributed by atoms with Gasteiger partial charge in [-0.3, -0.25) is 9.63 Å². The fourth-order valence-corrected chi connectivity index (χ4v) is 1.32. The largest absolute Gasteiger partial charge is 0.445 e. The number of carbonyl (C=O) groups is 2. The molecule has 1 aromatic carbocycles. The van der Waals surface area contributed by atoms with Crippen LogP contribution in [0.15, 0.2) is 30.3 Å². The number of carbonyl (C=O) groups excluding carboxylic acids is 2. The molecule has 20 heavy (non-hydrogen) atoms. The van der Waals surface area contributed by atoms with E-state index in [4.69, 9.17) is 9.84 Å². The number of rotatable bonds is 7. The van der Waals surface area contributed by atoms with Gasteiger partial charge in [0.2, 0.25) is 0 Å². The number of nitrogens with one attached hydrogen (secondary N) is 2. The van der Waals surface area contributed by atoms with Crippen LogP contribution in [0.4, 0.5) is 4.79 Å². The highest BCUT2D eigenvalue weighted by Crippen LogP contribution is 2.00. The lowest BCUT2D eigenvalue weighted by Gasteiger charge is -2.15. The third-order valence-corrected chi connectivity index (χ3v) is 2.32. The lowest BCUT2D eigenvalue weighted by Crippen LogP contribution is -2.49. The molecule has 0 aliphatic rings. The molecule has 1 aromatic rings. The second-order valence-electron chi connectivity index (χ2n) is 3.84. The van der Waals surface area contributed by atoms with Crippen LogP contribution in [0.2, 0.25) is 0 Å². The van der Waals surface area contributed by atoms with Crippen molar-refractivity contribution in [3.8, 4) is 0 Å². The first-order valence-electron chi connectivity index (χ1n) is 6.17. The summed E-state index contributed by atoms with van der Waals surface area (Å²) in [7, 11) is 0. The molecular formula is C13H18N2O5. The number of aliphatic hydroxyl groups excluding tert-OH is 1. The summed E-state index contributed by atoms with van der Waals surface area (Å²) in [6.45, 7) is 1.50. The van der Waals surface area contributed by atoms with Crippen molar-refractivity contribution in [2.24, 2.45) is 0 Å². The SMILES string of the molecule is CCONC(=O)C(CO)NC(=O)OCc1ccccc1. The predicted molar refractivity (Wildman–Crippen MR) is 70.4 cm³/mol. The molecule has 110 valence electrons. The minimum absolute atomic E-state index is 0.0813. The number of aliphatic hydroxyl groups is 1. The van der Waals surface area contributed by atoms with E-state index in [1.807, 2.05) is 18.2 Å². The lowest BCUT2D eigenvalue weighted by molar-refractivity contribution is -0.136. The van der Waals surface area contributed by atoms with Gasteiger partial charge in [0.15, 0.2) is 0 Å².